The smallest absolute Gasteiger partial charge is 0.321 e. The number of likely N-dealkylation sites (tertiary alicyclic amines) is 1. The van der Waals surface area contributed by atoms with Gasteiger partial charge in [0.05, 0.1) is 11.9 Å². The van der Waals surface area contributed by atoms with E-state index < -0.39 is 0 Å². The molecular formula is C17H22N6O. The Morgan fingerprint density at radius 1 is 1.17 bits per heavy atom. The summed E-state index contributed by atoms with van der Waals surface area (Å²) in [5.74, 6) is 2.19. The number of pyridine rings is 1. The van der Waals surface area contributed by atoms with E-state index in [1.165, 1.54) is 32.0 Å². The van der Waals surface area contributed by atoms with Crippen molar-refractivity contribution in [2.75, 3.05) is 18.4 Å². The standard InChI is InChI=1S/C17H22N6O/c24-17(22-8-7-13-3-1-2-4-14(13)10-22)21-15-5-6-16(19-9-15)23-12-18-11-20-23/h5-6,9,11-14H,1-4,7-8,10H2,(H,21,24). The quantitative estimate of drug-likeness (QED) is 0.920. The maximum atomic E-state index is 12.5. The average molecular weight is 326 g/mol. The minimum atomic E-state index is -0.0191. The topological polar surface area (TPSA) is 75.9 Å². The van der Waals surface area contributed by atoms with Gasteiger partial charge in [-0.2, -0.15) is 5.10 Å². The first-order chi connectivity index (χ1) is 11.8. The van der Waals surface area contributed by atoms with Gasteiger partial charge < -0.3 is 10.2 Å². The summed E-state index contributed by atoms with van der Waals surface area (Å²) in [6, 6.07) is 3.64. The van der Waals surface area contributed by atoms with Crippen LogP contribution in [0, 0.1) is 11.8 Å². The van der Waals surface area contributed by atoms with E-state index >= 15 is 0 Å². The second-order valence-electron chi connectivity index (χ2n) is 6.71. The maximum Gasteiger partial charge on any atom is 0.321 e. The molecule has 2 fully saturated rings. The molecule has 24 heavy (non-hydrogen) atoms. The second-order valence-corrected chi connectivity index (χ2v) is 6.71. The minimum Gasteiger partial charge on any atom is -0.324 e. The zero-order chi connectivity index (χ0) is 16.4. The fraction of sp³-hybridized carbons (Fsp3) is 0.529. The summed E-state index contributed by atoms with van der Waals surface area (Å²) in [7, 11) is 0. The van der Waals surface area contributed by atoms with E-state index in [-0.39, 0.29) is 6.03 Å². The summed E-state index contributed by atoms with van der Waals surface area (Å²) < 4.78 is 1.58. The molecule has 1 aliphatic carbocycles. The highest BCUT2D eigenvalue weighted by Crippen LogP contribution is 2.36. The Morgan fingerprint density at radius 3 is 2.79 bits per heavy atom. The van der Waals surface area contributed by atoms with Gasteiger partial charge in [-0.3, -0.25) is 0 Å². The van der Waals surface area contributed by atoms with Crippen molar-refractivity contribution < 1.29 is 4.79 Å². The van der Waals surface area contributed by atoms with Crippen molar-refractivity contribution in [2.45, 2.75) is 32.1 Å². The molecule has 7 heteroatoms. The summed E-state index contributed by atoms with van der Waals surface area (Å²) in [6.07, 6.45) is 11.1. The van der Waals surface area contributed by atoms with Crippen LogP contribution in [-0.4, -0.2) is 43.8 Å². The molecule has 0 spiro atoms. The van der Waals surface area contributed by atoms with Gasteiger partial charge in [-0.25, -0.2) is 19.4 Å². The molecule has 2 aliphatic rings. The number of piperidine rings is 1. The Morgan fingerprint density at radius 2 is 2.04 bits per heavy atom. The zero-order valence-electron chi connectivity index (χ0n) is 13.6. The van der Waals surface area contributed by atoms with E-state index in [9.17, 15) is 4.79 Å². The number of nitrogens with one attached hydrogen (secondary N) is 1. The number of hydrogen-bond acceptors (Lipinski definition) is 4. The number of rotatable bonds is 2. The van der Waals surface area contributed by atoms with Crippen LogP contribution in [0.2, 0.25) is 0 Å². The molecule has 2 amide bonds. The first-order valence-electron chi connectivity index (χ1n) is 8.66. The van der Waals surface area contributed by atoms with Gasteiger partial charge in [-0.05, 0) is 36.8 Å². The summed E-state index contributed by atoms with van der Waals surface area (Å²) in [5, 5.41) is 7.00. The predicted octanol–water partition coefficient (Wildman–Crippen LogP) is 2.71. The van der Waals surface area contributed by atoms with Crippen molar-refractivity contribution in [1.82, 2.24) is 24.6 Å². The van der Waals surface area contributed by atoms with Crippen molar-refractivity contribution in [3.8, 4) is 5.82 Å². The second kappa shape index (κ2) is 6.59. The van der Waals surface area contributed by atoms with Gasteiger partial charge >= 0.3 is 6.03 Å². The highest BCUT2D eigenvalue weighted by molar-refractivity contribution is 5.89. The number of hydrogen-bond donors (Lipinski definition) is 1. The average Bonchev–Trinajstić information content (AvgIpc) is 3.16. The normalized spacial score (nSPS) is 23.6. The summed E-state index contributed by atoms with van der Waals surface area (Å²) in [6.45, 7) is 1.75. The molecule has 1 saturated carbocycles. The summed E-state index contributed by atoms with van der Waals surface area (Å²) in [5.41, 5.74) is 0.703. The number of urea groups is 1. The molecule has 2 atom stereocenters. The van der Waals surface area contributed by atoms with Crippen LogP contribution in [0.4, 0.5) is 10.5 Å². The SMILES string of the molecule is O=C(Nc1ccc(-n2cncn2)nc1)N1CCC2CCCCC2C1. The molecule has 126 valence electrons. The molecule has 4 rings (SSSR count). The van der Waals surface area contributed by atoms with Crippen LogP contribution in [0.5, 0.6) is 0 Å². The molecule has 1 saturated heterocycles. The largest absolute Gasteiger partial charge is 0.324 e. The Kier molecular flexibility index (Phi) is 4.15. The molecule has 1 aliphatic heterocycles. The van der Waals surface area contributed by atoms with Crippen molar-refractivity contribution in [3.05, 3.63) is 31.0 Å². The first kappa shape index (κ1) is 15.1. The third-order valence-electron chi connectivity index (χ3n) is 5.23. The number of anilines is 1. The van der Waals surface area contributed by atoms with Crippen molar-refractivity contribution in [3.63, 3.8) is 0 Å². The lowest BCUT2D eigenvalue weighted by Gasteiger charge is -2.41. The van der Waals surface area contributed by atoms with Crippen LogP contribution in [0.25, 0.3) is 5.82 Å². The highest BCUT2D eigenvalue weighted by atomic mass is 16.2. The van der Waals surface area contributed by atoms with E-state index in [0.717, 1.165) is 25.4 Å². The van der Waals surface area contributed by atoms with Crippen LogP contribution in [-0.2, 0) is 0 Å². The van der Waals surface area contributed by atoms with Gasteiger partial charge in [0, 0.05) is 13.1 Å². The number of nitrogens with zero attached hydrogens (tertiary/aromatic N) is 5. The number of aromatic nitrogens is 4. The Balaban J connectivity index is 1.37. The Bertz CT molecular complexity index is 684. The third-order valence-corrected chi connectivity index (χ3v) is 5.23. The first-order valence-corrected chi connectivity index (χ1v) is 8.66. The van der Waals surface area contributed by atoms with Crippen molar-refractivity contribution in [2.24, 2.45) is 11.8 Å². The molecule has 3 heterocycles. The monoisotopic (exact) mass is 326 g/mol. The predicted molar refractivity (Wildman–Crippen MR) is 89.8 cm³/mol. The minimum absolute atomic E-state index is 0.0191. The van der Waals surface area contributed by atoms with E-state index in [4.69, 9.17) is 0 Å². The molecule has 2 aromatic heterocycles. The number of fused-ring (bicyclic) bond motifs is 1. The fourth-order valence-electron chi connectivity index (χ4n) is 3.91. The molecule has 7 nitrogen and oxygen atoms in total. The van der Waals surface area contributed by atoms with Crippen LogP contribution < -0.4 is 5.32 Å². The van der Waals surface area contributed by atoms with Gasteiger partial charge in [0.25, 0.3) is 0 Å². The van der Waals surface area contributed by atoms with E-state index in [1.807, 2.05) is 17.0 Å². The van der Waals surface area contributed by atoms with Crippen molar-refractivity contribution in [1.29, 1.82) is 0 Å². The fourth-order valence-corrected chi connectivity index (χ4v) is 3.91. The van der Waals surface area contributed by atoms with Gasteiger partial charge in [0.2, 0.25) is 0 Å². The highest BCUT2D eigenvalue weighted by Gasteiger charge is 2.32. The molecule has 2 aromatic rings. The Labute approximate surface area is 141 Å². The number of amides is 2. The van der Waals surface area contributed by atoms with Gasteiger partial charge in [-0.1, -0.05) is 19.3 Å². The van der Waals surface area contributed by atoms with Crippen LogP contribution in [0.3, 0.4) is 0 Å². The lowest BCUT2D eigenvalue weighted by molar-refractivity contribution is 0.108. The van der Waals surface area contributed by atoms with Crippen molar-refractivity contribution >= 4 is 11.7 Å². The number of carbonyl (C=O) groups excluding carboxylic acids is 1. The molecule has 0 aromatic carbocycles. The van der Waals surface area contributed by atoms with E-state index in [0.29, 0.717) is 17.4 Å². The van der Waals surface area contributed by atoms with Crippen LogP contribution >= 0.6 is 0 Å². The number of carbonyl (C=O) groups is 1. The lowest BCUT2D eigenvalue weighted by atomic mass is 9.75. The van der Waals surface area contributed by atoms with Crippen LogP contribution in [0.15, 0.2) is 31.0 Å². The summed E-state index contributed by atoms with van der Waals surface area (Å²) >= 11 is 0. The van der Waals surface area contributed by atoms with Crippen LogP contribution in [0.1, 0.15) is 32.1 Å². The molecule has 0 bridgehead atoms. The van der Waals surface area contributed by atoms with Gasteiger partial charge in [0.1, 0.15) is 12.7 Å². The van der Waals surface area contributed by atoms with Gasteiger partial charge in [-0.15, -0.1) is 0 Å². The maximum absolute atomic E-state index is 12.5. The summed E-state index contributed by atoms with van der Waals surface area (Å²) in [4.78, 5) is 22.7. The lowest BCUT2D eigenvalue weighted by Crippen LogP contribution is -2.46. The molecular weight excluding hydrogens is 304 g/mol. The zero-order valence-corrected chi connectivity index (χ0v) is 13.6. The van der Waals surface area contributed by atoms with E-state index in [2.05, 4.69) is 20.4 Å². The third kappa shape index (κ3) is 3.11. The van der Waals surface area contributed by atoms with Gasteiger partial charge in [0.15, 0.2) is 5.82 Å². The van der Waals surface area contributed by atoms with E-state index in [1.54, 1.807) is 17.2 Å². The Hall–Kier alpha value is -2.44. The molecule has 0 radical (unpaired) electrons. The molecule has 2 unspecified atom stereocenters. The molecule has 1 N–H and O–H groups in total.